The van der Waals surface area contributed by atoms with Gasteiger partial charge in [0.15, 0.2) is 5.69 Å². The number of aromatic nitrogens is 4. The van der Waals surface area contributed by atoms with Crippen molar-refractivity contribution < 1.29 is 14.3 Å². The van der Waals surface area contributed by atoms with E-state index in [1.807, 2.05) is 30.3 Å². The Morgan fingerprint density at radius 2 is 1.85 bits per heavy atom. The standard InChI is InChI=1S/C18H17N5O3/c1-26-18(25)16-17(14-7-9-19-10-8-14)23(22-21-16)12-15(24)20-11-13-5-3-2-4-6-13/h2-10H,11-12H2,1H3,(H,20,24). The Kier molecular flexibility index (Phi) is 5.33. The molecule has 0 spiro atoms. The molecule has 0 aliphatic heterocycles. The summed E-state index contributed by atoms with van der Waals surface area (Å²) in [4.78, 5) is 28.2. The van der Waals surface area contributed by atoms with Crippen molar-refractivity contribution in [3.8, 4) is 11.3 Å². The van der Waals surface area contributed by atoms with Crippen LogP contribution in [0.4, 0.5) is 0 Å². The first-order valence-electron chi connectivity index (χ1n) is 7.92. The van der Waals surface area contributed by atoms with Crippen molar-refractivity contribution in [2.75, 3.05) is 7.11 Å². The zero-order valence-electron chi connectivity index (χ0n) is 14.1. The highest BCUT2D eigenvalue weighted by molar-refractivity contribution is 5.94. The molecule has 8 heteroatoms. The van der Waals surface area contributed by atoms with Gasteiger partial charge in [-0.1, -0.05) is 35.5 Å². The molecule has 0 aliphatic rings. The number of methoxy groups -OCH3 is 1. The molecular weight excluding hydrogens is 334 g/mol. The molecule has 0 saturated carbocycles. The van der Waals surface area contributed by atoms with E-state index in [1.165, 1.54) is 11.8 Å². The molecular formula is C18H17N5O3. The molecule has 0 bridgehead atoms. The molecule has 2 heterocycles. The maximum Gasteiger partial charge on any atom is 0.360 e. The van der Waals surface area contributed by atoms with Gasteiger partial charge in [0, 0.05) is 24.5 Å². The quantitative estimate of drug-likeness (QED) is 0.675. The van der Waals surface area contributed by atoms with Crippen LogP contribution in [-0.2, 0) is 22.6 Å². The zero-order valence-corrected chi connectivity index (χ0v) is 14.1. The summed E-state index contributed by atoms with van der Waals surface area (Å²) in [6.45, 7) is 0.331. The molecule has 0 aliphatic carbocycles. The Morgan fingerprint density at radius 1 is 1.12 bits per heavy atom. The maximum absolute atomic E-state index is 12.3. The summed E-state index contributed by atoms with van der Waals surface area (Å²) in [5.74, 6) is -0.863. The number of pyridine rings is 1. The van der Waals surface area contributed by atoms with Crippen LogP contribution < -0.4 is 5.32 Å². The molecule has 0 fully saturated rings. The fourth-order valence-electron chi connectivity index (χ4n) is 2.44. The van der Waals surface area contributed by atoms with E-state index in [-0.39, 0.29) is 18.1 Å². The summed E-state index contributed by atoms with van der Waals surface area (Å²) in [6, 6.07) is 13.0. The fourth-order valence-corrected chi connectivity index (χ4v) is 2.44. The van der Waals surface area contributed by atoms with Crippen LogP contribution in [0.2, 0.25) is 0 Å². The van der Waals surface area contributed by atoms with Gasteiger partial charge in [-0.3, -0.25) is 9.78 Å². The van der Waals surface area contributed by atoms with Crippen LogP contribution in [0.3, 0.4) is 0 Å². The van der Waals surface area contributed by atoms with Crippen LogP contribution in [0, 0.1) is 0 Å². The molecule has 2 aromatic heterocycles. The van der Waals surface area contributed by atoms with Crippen molar-refractivity contribution in [2.45, 2.75) is 13.1 Å². The van der Waals surface area contributed by atoms with Crippen LogP contribution in [0.25, 0.3) is 11.3 Å². The van der Waals surface area contributed by atoms with Crippen LogP contribution >= 0.6 is 0 Å². The zero-order chi connectivity index (χ0) is 18.4. The Labute approximate surface area is 149 Å². The lowest BCUT2D eigenvalue weighted by Gasteiger charge is -2.09. The van der Waals surface area contributed by atoms with Crippen LogP contribution in [0.1, 0.15) is 16.1 Å². The highest BCUT2D eigenvalue weighted by atomic mass is 16.5. The largest absolute Gasteiger partial charge is 0.464 e. The molecule has 8 nitrogen and oxygen atoms in total. The Hall–Kier alpha value is -3.55. The van der Waals surface area contributed by atoms with Crippen molar-refractivity contribution in [1.82, 2.24) is 25.3 Å². The molecule has 0 atom stereocenters. The predicted octanol–water partition coefficient (Wildman–Crippen LogP) is 1.44. The van der Waals surface area contributed by atoms with Gasteiger partial charge < -0.3 is 10.1 Å². The first-order chi connectivity index (χ1) is 12.7. The minimum atomic E-state index is -0.618. The molecule has 0 unspecified atom stereocenters. The summed E-state index contributed by atoms with van der Waals surface area (Å²) in [6.07, 6.45) is 3.17. The van der Waals surface area contributed by atoms with E-state index in [9.17, 15) is 9.59 Å². The third-order valence-corrected chi connectivity index (χ3v) is 3.69. The molecule has 1 N–H and O–H groups in total. The van der Waals surface area contributed by atoms with E-state index in [0.29, 0.717) is 17.8 Å². The molecule has 3 aromatic rings. The van der Waals surface area contributed by atoms with Gasteiger partial charge in [0.1, 0.15) is 12.2 Å². The molecule has 3 rings (SSSR count). The van der Waals surface area contributed by atoms with Crippen LogP contribution in [0.15, 0.2) is 54.9 Å². The van der Waals surface area contributed by atoms with Crippen molar-refractivity contribution >= 4 is 11.9 Å². The van der Waals surface area contributed by atoms with Gasteiger partial charge in [0.25, 0.3) is 0 Å². The van der Waals surface area contributed by atoms with Crippen molar-refractivity contribution in [3.05, 3.63) is 66.1 Å². The fraction of sp³-hybridized carbons (Fsp3) is 0.167. The molecule has 1 amide bonds. The molecule has 132 valence electrons. The highest BCUT2D eigenvalue weighted by Crippen LogP contribution is 2.22. The second kappa shape index (κ2) is 8.02. The number of benzene rings is 1. The number of nitrogens with zero attached hydrogens (tertiary/aromatic N) is 4. The molecule has 0 saturated heterocycles. The average molecular weight is 351 g/mol. The SMILES string of the molecule is COC(=O)c1nnn(CC(=O)NCc2ccccc2)c1-c1ccncc1. The second-order valence-corrected chi connectivity index (χ2v) is 5.43. The van der Waals surface area contributed by atoms with Gasteiger partial charge in [0.2, 0.25) is 5.91 Å². The lowest BCUT2D eigenvalue weighted by Crippen LogP contribution is -2.28. The number of ether oxygens (including phenoxy) is 1. The van der Waals surface area contributed by atoms with E-state index in [0.717, 1.165) is 5.56 Å². The Balaban J connectivity index is 1.80. The number of nitrogens with one attached hydrogen (secondary N) is 1. The van der Waals surface area contributed by atoms with E-state index < -0.39 is 5.97 Å². The monoisotopic (exact) mass is 351 g/mol. The van der Waals surface area contributed by atoms with Gasteiger partial charge in [-0.2, -0.15) is 0 Å². The van der Waals surface area contributed by atoms with Crippen LogP contribution in [0.5, 0.6) is 0 Å². The summed E-state index contributed by atoms with van der Waals surface area (Å²) in [5.41, 5.74) is 2.12. The summed E-state index contributed by atoms with van der Waals surface area (Å²) < 4.78 is 6.13. The average Bonchev–Trinajstić information content (AvgIpc) is 3.10. The van der Waals surface area contributed by atoms with Crippen molar-refractivity contribution in [2.24, 2.45) is 0 Å². The van der Waals surface area contributed by atoms with Gasteiger partial charge >= 0.3 is 5.97 Å². The maximum atomic E-state index is 12.3. The Bertz CT molecular complexity index is 894. The summed E-state index contributed by atoms with van der Waals surface area (Å²) in [7, 11) is 1.27. The predicted molar refractivity (Wildman–Crippen MR) is 92.9 cm³/mol. The summed E-state index contributed by atoms with van der Waals surface area (Å²) >= 11 is 0. The van der Waals surface area contributed by atoms with Crippen molar-refractivity contribution in [3.63, 3.8) is 0 Å². The van der Waals surface area contributed by atoms with Gasteiger partial charge in [-0.05, 0) is 17.7 Å². The second-order valence-electron chi connectivity index (χ2n) is 5.43. The van der Waals surface area contributed by atoms with Crippen molar-refractivity contribution in [1.29, 1.82) is 0 Å². The van der Waals surface area contributed by atoms with Gasteiger partial charge in [-0.15, -0.1) is 5.10 Å². The minimum absolute atomic E-state index is 0.0505. The molecule has 1 aromatic carbocycles. The lowest BCUT2D eigenvalue weighted by atomic mass is 10.1. The number of carbonyl (C=O) groups excluding carboxylic acids is 2. The third kappa shape index (κ3) is 3.92. The highest BCUT2D eigenvalue weighted by Gasteiger charge is 2.22. The number of hydrogen-bond donors (Lipinski definition) is 1. The summed E-state index contributed by atoms with van der Waals surface area (Å²) in [5, 5.41) is 10.6. The first-order valence-corrected chi connectivity index (χ1v) is 7.92. The number of esters is 1. The first kappa shape index (κ1) is 17.3. The third-order valence-electron chi connectivity index (χ3n) is 3.69. The normalized spacial score (nSPS) is 10.3. The van der Waals surface area contributed by atoms with Crippen LogP contribution in [-0.4, -0.2) is 39.0 Å². The topological polar surface area (TPSA) is 99.0 Å². The van der Waals surface area contributed by atoms with Gasteiger partial charge in [0.05, 0.1) is 7.11 Å². The number of amides is 1. The smallest absolute Gasteiger partial charge is 0.360 e. The van der Waals surface area contributed by atoms with E-state index in [4.69, 9.17) is 4.74 Å². The van der Waals surface area contributed by atoms with Gasteiger partial charge in [-0.25, -0.2) is 9.48 Å². The number of carbonyl (C=O) groups is 2. The van der Waals surface area contributed by atoms with E-state index >= 15 is 0 Å². The molecule has 26 heavy (non-hydrogen) atoms. The molecule has 0 radical (unpaired) electrons. The lowest BCUT2D eigenvalue weighted by molar-refractivity contribution is -0.122. The van der Waals surface area contributed by atoms with E-state index in [2.05, 4.69) is 20.6 Å². The van der Waals surface area contributed by atoms with E-state index in [1.54, 1.807) is 24.5 Å². The number of rotatable bonds is 6. The number of hydrogen-bond acceptors (Lipinski definition) is 6. The Morgan fingerprint density at radius 3 is 2.54 bits per heavy atom. The minimum Gasteiger partial charge on any atom is -0.464 e.